The zero-order valence-corrected chi connectivity index (χ0v) is 12.5. The normalized spacial score (nSPS) is 12.1. The van der Waals surface area contributed by atoms with Gasteiger partial charge < -0.3 is 5.73 Å². The van der Waals surface area contributed by atoms with Crippen molar-refractivity contribution in [3.05, 3.63) is 71.3 Å². The van der Waals surface area contributed by atoms with Crippen LogP contribution in [0.1, 0.15) is 28.9 Å². The summed E-state index contributed by atoms with van der Waals surface area (Å²) in [5.41, 5.74) is 9.30. The van der Waals surface area contributed by atoms with Crippen molar-refractivity contribution in [1.29, 1.82) is 0 Å². The largest absolute Gasteiger partial charge is 0.389 e. The van der Waals surface area contributed by atoms with E-state index < -0.39 is 0 Å². The van der Waals surface area contributed by atoms with Gasteiger partial charge in [0.25, 0.3) is 0 Å². The van der Waals surface area contributed by atoms with Crippen LogP contribution in [0.5, 0.6) is 0 Å². The summed E-state index contributed by atoms with van der Waals surface area (Å²) in [6.07, 6.45) is 0. The van der Waals surface area contributed by atoms with Gasteiger partial charge in [0.05, 0.1) is 0 Å². The molecule has 3 heteroatoms. The van der Waals surface area contributed by atoms with Gasteiger partial charge in [-0.05, 0) is 18.1 Å². The van der Waals surface area contributed by atoms with E-state index in [-0.39, 0.29) is 0 Å². The lowest BCUT2D eigenvalue weighted by Crippen LogP contribution is -2.11. The number of thiocarbonyl (C=S) groups is 1. The Balaban J connectivity index is 2.05. The van der Waals surface area contributed by atoms with Gasteiger partial charge in [0.1, 0.15) is 4.99 Å². The number of nitrogens with two attached hydrogens (primary N) is 1. The van der Waals surface area contributed by atoms with Crippen LogP contribution in [0.3, 0.4) is 0 Å². The smallest absolute Gasteiger partial charge is 0.104 e. The highest BCUT2D eigenvalue weighted by atomic mass is 32.2. The third-order valence-electron chi connectivity index (χ3n) is 3.04. The van der Waals surface area contributed by atoms with E-state index in [9.17, 15) is 0 Å². The van der Waals surface area contributed by atoms with Crippen LogP contribution in [0.2, 0.25) is 0 Å². The molecule has 2 aromatic rings. The molecule has 0 aromatic heterocycles. The third kappa shape index (κ3) is 3.82. The molecule has 0 fully saturated rings. The minimum atomic E-state index is 0.459. The van der Waals surface area contributed by atoms with Gasteiger partial charge in [-0.15, -0.1) is 11.8 Å². The molecule has 98 valence electrons. The van der Waals surface area contributed by atoms with E-state index in [1.165, 1.54) is 11.1 Å². The van der Waals surface area contributed by atoms with Crippen molar-refractivity contribution < 1.29 is 0 Å². The van der Waals surface area contributed by atoms with Crippen molar-refractivity contribution in [1.82, 2.24) is 0 Å². The Morgan fingerprint density at radius 3 is 2.42 bits per heavy atom. The van der Waals surface area contributed by atoms with Crippen molar-refractivity contribution >= 4 is 29.0 Å². The predicted octanol–water partition coefficient (Wildman–Crippen LogP) is 4.32. The van der Waals surface area contributed by atoms with Crippen LogP contribution in [0.15, 0.2) is 54.6 Å². The molecule has 0 spiro atoms. The highest BCUT2D eigenvalue weighted by Gasteiger charge is 2.08. The summed E-state index contributed by atoms with van der Waals surface area (Å²) in [5.74, 6) is 0.920. The van der Waals surface area contributed by atoms with Crippen molar-refractivity contribution in [2.45, 2.75) is 17.9 Å². The fraction of sp³-hybridized carbons (Fsp3) is 0.188. The summed E-state index contributed by atoms with van der Waals surface area (Å²) >= 11 is 6.99. The molecule has 1 atom stereocenters. The summed E-state index contributed by atoms with van der Waals surface area (Å²) < 4.78 is 0. The maximum atomic E-state index is 5.75. The van der Waals surface area contributed by atoms with Crippen molar-refractivity contribution in [2.24, 2.45) is 5.73 Å². The molecule has 1 unspecified atom stereocenters. The lowest BCUT2D eigenvalue weighted by molar-refractivity contribution is 1.09. The zero-order valence-electron chi connectivity index (χ0n) is 10.9. The molecular formula is C16H17NS2. The maximum Gasteiger partial charge on any atom is 0.104 e. The fourth-order valence-electron chi connectivity index (χ4n) is 1.92. The van der Waals surface area contributed by atoms with Gasteiger partial charge >= 0.3 is 0 Å². The Morgan fingerprint density at radius 2 is 1.74 bits per heavy atom. The highest BCUT2D eigenvalue weighted by molar-refractivity contribution is 7.98. The Bertz CT molecular complexity index is 552. The van der Waals surface area contributed by atoms with Gasteiger partial charge in [0, 0.05) is 16.6 Å². The van der Waals surface area contributed by atoms with Crippen LogP contribution in [0, 0.1) is 0 Å². The van der Waals surface area contributed by atoms with Gasteiger partial charge in [-0.3, -0.25) is 0 Å². The monoisotopic (exact) mass is 287 g/mol. The summed E-state index contributed by atoms with van der Waals surface area (Å²) in [5, 5.41) is 0.459. The van der Waals surface area contributed by atoms with Crippen molar-refractivity contribution in [3.63, 3.8) is 0 Å². The molecule has 19 heavy (non-hydrogen) atoms. The molecule has 0 radical (unpaired) electrons. The van der Waals surface area contributed by atoms with Crippen LogP contribution in [0.4, 0.5) is 0 Å². The molecule has 0 amide bonds. The van der Waals surface area contributed by atoms with E-state index in [0.717, 1.165) is 11.3 Å². The van der Waals surface area contributed by atoms with Gasteiger partial charge in [0.2, 0.25) is 0 Å². The Labute approximate surface area is 124 Å². The molecule has 0 aliphatic heterocycles. The maximum absolute atomic E-state index is 5.75. The molecule has 0 heterocycles. The number of hydrogen-bond donors (Lipinski definition) is 1. The molecule has 2 aromatic carbocycles. The molecule has 0 aliphatic rings. The number of rotatable bonds is 5. The lowest BCUT2D eigenvalue weighted by Gasteiger charge is -2.13. The second-order valence-electron chi connectivity index (χ2n) is 4.39. The van der Waals surface area contributed by atoms with E-state index in [0.29, 0.717) is 10.2 Å². The standard InChI is InChI=1S/C16H17NS2/c1-12(13-7-3-2-4-8-13)19-11-14-9-5-6-10-15(14)16(17)18/h2-10,12H,11H2,1H3,(H2,17,18). The van der Waals surface area contributed by atoms with Crippen LogP contribution in [-0.2, 0) is 5.75 Å². The van der Waals surface area contributed by atoms with Crippen molar-refractivity contribution in [3.8, 4) is 0 Å². The van der Waals surface area contributed by atoms with Gasteiger partial charge in [-0.25, -0.2) is 0 Å². The SMILES string of the molecule is CC(SCc1ccccc1C(N)=S)c1ccccc1. The first-order valence-electron chi connectivity index (χ1n) is 6.22. The van der Waals surface area contributed by atoms with Gasteiger partial charge in [0.15, 0.2) is 0 Å². The molecule has 0 saturated heterocycles. The molecule has 2 rings (SSSR count). The van der Waals surface area contributed by atoms with Gasteiger partial charge in [-0.1, -0.05) is 66.8 Å². The van der Waals surface area contributed by atoms with E-state index in [4.69, 9.17) is 18.0 Å². The third-order valence-corrected chi connectivity index (χ3v) is 4.51. The molecule has 0 saturated carbocycles. The topological polar surface area (TPSA) is 26.0 Å². The minimum absolute atomic E-state index is 0.459. The van der Waals surface area contributed by atoms with Gasteiger partial charge in [-0.2, -0.15) is 0 Å². The molecule has 2 N–H and O–H groups in total. The van der Waals surface area contributed by atoms with Crippen LogP contribution in [-0.4, -0.2) is 4.99 Å². The van der Waals surface area contributed by atoms with E-state index in [2.05, 4.69) is 37.3 Å². The first kappa shape index (κ1) is 14.1. The minimum Gasteiger partial charge on any atom is -0.389 e. The van der Waals surface area contributed by atoms with E-state index >= 15 is 0 Å². The molecule has 0 bridgehead atoms. The van der Waals surface area contributed by atoms with E-state index in [1.807, 2.05) is 36.0 Å². The quantitative estimate of drug-likeness (QED) is 0.830. The molecular weight excluding hydrogens is 270 g/mol. The Hall–Kier alpha value is -1.32. The fourth-order valence-corrected chi connectivity index (χ4v) is 3.15. The van der Waals surface area contributed by atoms with E-state index in [1.54, 1.807) is 0 Å². The van der Waals surface area contributed by atoms with Crippen LogP contribution in [0.25, 0.3) is 0 Å². The summed E-state index contributed by atoms with van der Waals surface area (Å²) in [6, 6.07) is 18.6. The number of hydrogen-bond acceptors (Lipinski definition) is 2. The Kier molecular flexibility index (Phi) is 5.00. The first-order chi connectivity index (χ1) is 9.18. The second-order valence-corrected chi connectivity index (χ2v) is 6.15. The zero-order chi connectivity index (χ0) is 13.7. The van der Waals surface area contributed by atoms with Crippen LogP contribution < -0.4 is 5.73 Å². The number of benzene rings is 2. The molecule has 1 nitrogen and oxygen atoms in total. The van der Waals surface area contributed by atoms with Crippen molar-refractivity contribution in [2.75, 3.05) is 0 Å². The average molecular weight is 287 g/mol. The number of thioether (sulfide) groups is 1. The predicted molar refractivity (Wildman–Crippen MR) is 88.5 cm³/mol. The summed E-state index contributed by atoms with van der Waals surface area (Å²) in [7, 11) is 0. The summed E-state index contributed by atoms with van der Waals surface area (Å²) in [4.78, 5) is 0.476. The highest BCUT2D eigenvalue weighted by Crippen LogP contribution is 2.31. The Morgan fingerprint density at radius 1 is 1.11 bits per heavy atom. The van der Waals surface area contributed by atoms with Crippen LogP contribution >= 0.6 is 24.0 Å². The molecule has 0 aliphatic carbocycles. The first-order valence-corrected chi connectivity index (χ1v) is 7.68. The summed E-state index contributed by atoms with van der Waals surface area (Å²) in [6.45, 7) is 2.23. The lowest BCUT2D eigenvalue weighted by atomic mass is 10.1. The average Bonchev–Trinajstić information content (AvgIpc) is 2.46. The second kappa shape index (κ2) is 6.73.